The van der Waals surface area contributed by atoms with E-state index >= 15 is 0 Å². The zero-order chi connectivity index (χ0) is 13.1. The van der Waals surface area contributed by atoms with Gasteiger partial charge in [0.2, 0.25) is 4.77 Å². The Morgan fingerprint density at radius 1 is 1.39 bits per heavy atom. The second kappa shape index (κ2) is 5.27. The maximum atomic E-state index is 5.17. The van der Waals surface area contributed by atoms with Crippen LogP contribution in [0.4, 0.5) is 0 Å². The molecule has 2 rings (SSSR count). The van der Waals surface area contributed by atoms with Crippen LogP contribution in [0.5, 0.6) is 0 Å². The molecule has 0 saturated heterocycles. The van der Waals surface area contributed by atoms with E-state index in [4.69, 9.17) is 12.2 Å². The van der Waals surface area contributed by atoms with Gasteiger partial charge in [-0.2, -0.15) is 14.9 Å². The van der Waals surface area contributed by atoms with Crippen LogP contribution in [-0.4, -0.2) is 20.6 Å². The predicted octanol–water partition coefficient (Wildman–Crippen LogP) is 3.08. The lowest BCUT2D eigenvalue weighted by Crippen LogP contribution is -2.03. The number of nitrogens with one attached hydrogen (secondary N) is 1. The molecule has 0 radical (unpaired) electrons. The Kier molecular flexibility index (Phi) is 3.72. The van der Waals surface area contributed by atoms with Crippen molar-refractivity contribution in [2.45, 2.75) is 27.2 Å². The maximum absolute atomic E-state index is 5.17. The Morgan fingerprint density at radius 2 is 2.06 bits per heavy atom. The Hall–Kier alpha value is -1.75. The van der Waals surface area contributed by atoms with Crippen LogP contribution in [0.1, 0.15) is 30.8 Å². The standard InChI is InChI=1S/C13H16N4S/c1-4-12-14-15-13(18)17(12)16-10(3)11-7-5-9(2)6-8-11/h5-8H,4H2,1-3H3,(H,15,18)/b16-10+. The van der Waals surface area contributed by atoms with Gasteiger partial charge in [-0.25, -0.2) is 0 Å². The van der Waals surface area contributed by atoms with Gasteiger partial charge in [-0.05, 0) is 31.6 Å². The number of aryl methyl sites for hydroxylation is 2. The molecule has 0 amide bonds. The lowest BCUT2D eigenvalue weighted by molar-refractivity contribution is 0.776. The van der Waals surface area contributed by atoms with Crippen molar-refractivity contribution in [3.05, 3.63) is 46.0 Å². The molecule has 18 heavy (non-hydrogen) atoms. The highest BCUT2D eigenvalue weighted by Crippen LogP contribution is 2.06. The van der Waals surface area contributed by atoms with Crippen LogP contribution in [0.15, 0.2) is 29.4 Å². The number of benzene rings is 1. The van der Waals surface area contributed by atoms with Crippen LogP contribution < -0.4 is 0 Å². The van der Waals surface area contributed by atoms with Crippen LogP contribution in [0.3, 0.4) is 0 Å². The highest BCUT2D eigenvalue weighted by molar-refractivity contribution is 7.71. The third kappa shape index (κ3) is 2.56. The van der Waals surface area contributed by atoms with Crippen molar-refractivity contribution in [2.24, 2.45) is 5.10 Å². The normalized spacial score (nSPS) is 11.8. The van der Waals surface area contributed by atoms with Crippen LogP contribution >= 0.6 is 12.2 Å². The van der Waals surface area contributed by atoms with Gasteiger partial charge in [0.05, 0.1) is 5.71 Å². The molecule has 0 atom stereocenters. The molecule has 0 unspecified atom stereocenters. The minimum absolute atomic E-state index is 0.526. The smallest absolute Gasteiger partial charge is 0.216 e. The largest absolute Gasteiger partial charge is 0.250 e. The minimum atomic E-state index is 0.526. The summed E-state index contributed by atoms with van der Waals surface area (Å²) in [6.45, 7) is 6.06. The Morgan fingerprint density at radius 3 is 2.67 bits per heavy atom. The summed E-state index contributed by atoms with van der Waals surface area (Å²) < 4.78 is 2.21. The van der Waals surface area contributed by atoms with Crippen molar-refractivity contribution >= 4 is 17.9 Å². The molecule has 0 bridgehead atoms. The zero-order valence-corrected chi connectivity index (χ0v) is 11.6. The van der Waals surface area contributed by atoms with E-state index in [0.29, 0.717) is 4.77 Å². The van der Waals surface area contributed by atoms with Crippen LogP contribution in [0, 0.1) is 11.7 Å². The van der Waals surface area contributed by atoms with Gasteiger partial charge in [-0.1, -0.05) is 36.8 Å². The van der Waals surface area contributed by atoms with E-state index < -0.39 is 0 Å². The second-order valence-electron chi connectivity index (χ2n) is 4.16. The van der Waals surface area contributed by atoms with E-state index in [1.165, 1.54) is 5.56 Å². The molecule has 0 fully saturated rings. The first-order valence-corrected chi connectivity index (χ1v) is 6.31. The highest BCUT2D eigenvalue weighted by Gasteiger charge is 2.04. The molecule has 5 heteroatoms. The molecular formula is C13H16N4S. The third-order valence-corrected chi connectivity index (χ3v) is 3.02. The summed E-state index contributed by atoms with van der Waals surface area (Å²) in [5, 5.41) is 11.4. The number of aromatic amines is 1. The monoisotopic (exact) mass is 260 g/mol. The van der Waals surface area contributed by atoms with E-state index in [2.05, 4.69) is 46.5 Å². The first kappa shape index (κ1) is 12.7. The summed E-state index contributed by atoms with van der Waals surface area (Å²) in [4.78, 5) is 0. The molecule has 0 aliphatic carbocycles. The molecule has 0 aliphatic heterocycles. The fourth-order valence-electron chi connectivity index (χ4n) is 1.66. The first-order chi connectivity index (χ1) is 8.61. The highest BCUT2D eigenvalue weighted by atomic mass is 32.1. The van der Waals surface area contributed by atoms with Crippen LogP contribution in [0.25, 0.3) is 0 Å². The van der Waals surface area contributed by atoms with E-state index in [-0.39, 0.29) is 0 Å². The molecular weight excluding hydrogens is 244 g/mol. The number of rotatable bonds is 3. The van der Waals surface area contributed by atoms with Crippen LogP contribution in [0.2, 0.25) is 0 Å². The predicted molar refractivity (Wildman–Crippen MR) is 75.6 cm³/mol. The number of aromatic nitrogens is 3. The van der Waals surface area contributed by atoms with E-state index in [0.717, 1.165) is 23.5 Å². The molecule has 1 aromatic carbocycles. The summed E-state index contributed by atoms with van der Waals surface area (Å²) in [5.41, 5.74) is 3.24. The Bertz CT molecular complexity index is 619. The van der Waals surface area contributed by atoms with Gasteiger partial charge in [0.1, 0.15) is 0 Å². The molecule has 94 valence electrons. The first-order valence-electron chi connectivity index (χ1n) is 5.90. The number of hydrogen-bond acceptors (Lipinski definition) is 3. The van der Waals surface area contributed by atoms with Gasteiger partial charge in [0.15, 0.2) is 5.82 Å². The van der Waals surface area contributed by atoms with Gasteiger partial charge >= 0.3 is 0 Å². The summed E-state index contributed by atoms with van der Waals surface area (Å²) in [6, 6.07) is 8.26. The molecule has 4 nitrogen and oxygen atoms in total. The fourth-order valence-corrected chi connectivity index (χ4v) is 1.85. The summed E-state index contributed by atoms with van der Waals surface area (Å²) in [6.07, 6.45) is 0.790. The van der Waals surface area contributed by atoms with Gasteiger partial charge in [0.25, 0.3) is 0 Å². The molecule has 0 spiro atoms. The molecule has 1 heterocycles. The van der Waals surface area contributed by atoms with E-state index in [1.807, 2.05) is 13.8 Å². The zero-order valence-electron chi connectivity index (χ0n) is 10.8. The van der Waals surface area contributed by atoms with E-state index in [1.54, 1.807) is 4.68 Å². The average Bonchev–Trinajstić information content (AvgIpc) is 2.71. The van der Waals surface area contributed by atoms with Crippen LogP contribution in [-0.2, 0) is 6.42 Å². The minimum Gasteiger partial charge on any atom is -0.250 e. The van der Waals surface area contributed by atoms with Crippen molar-refractivity contribution in [3.63, 3.8) is 0 Å². The molecule has 1 N–H and O–H groups in total. The van der Waals surface area contributed by atoms with Crippen molar-refractivity contribution in [3.8, 4) is 0 Å². The third-order valence-electron chi connectivity index (χ3n) is 2.75. The van der Waals surface area contributed by atoms with Crippen molar-refractivity contribution in [1.29, 1.82) is 0 Å². The summed E-state index contributed by atoms with van der Waals surface area (Å²) >= 11 is 5.17. The van der Waals surface area contributed by atoms with Gasteiger partial charge in [0, 0.05) is 6.42 Å². The molecule has 1 aromatic heterocycles. The Balaban J connectivity index is 2.41. The molecule has 2 aromatic rings. The van der Waals surface area contributed by atoms with E-state index in [9.17, 15) is 0 Å². The quantitative estimate of drug-likeness (QED) is 0.681. The summed E-state index contributed by atoms with van der Waals surface area (Å²) in [5.74, 6) is 0.839. The van der Waals surface area contributed by atoms with Crippen molar-refractivity contribution in [2.75, 3.05) is 0 Å². The lowest BCUT2D eigenvalue weighted by atomic mass is 10.1. The lowest BCUT2D eigenvalue weighted by Gasteiger charge is -2.03. The average molecular weight is 260 g/mol. The topological polar surface area (TPSA) is 46.0 Å². The van der Waals surface area contributed by atoms with Gasteiger partial charge in [-0.3, -0.25) is 5.10 Å². The van der Waals surface area contributed by atoms with Crippen molar-refractivity contribution < 1.29 is 0 Å². The number of H-pyrrole nitrogens is 1. The number of hydrogen-bond donors (Lipinski definition) is 1. The maximum Gasteiger partial charge on any atom is 0.216 e. The second-order valence-corrected chi connectivity index (χ2v) is 4.55. The molecule has 0 aliphatic rings. The van der Waals surface area contributed by atoms with Gasteiger partial charge < -0.3 is 0 Å². The number of nitrogens with zero attached hydrogens (tertiary/aromatic N) is 3. The SMILES string of the molecule is CCc1n[nH]c(=S)n1/N=C(\C)c1ccc(C)cc1. The fraction of sp³-hybridized carbons (Fsp3) is 0.308. The summed E-state index contributed by atoms with van der Waals surface area (Å²) in [7, 11) is 0. The van der Waals surface area contributed by atoms with Crippen molar-refractivity contribution in [1.82, 2.24) is 14.9 Å². The molecule has 0 saturated carbocycles. The Labute approximate surface area is 111 Å². The van der Waals surface area contributed by atoms with Gasteiger partial charge in [-0.15, -0.1) is 0 Å².